The number of nitrogens with zero attached hydrogens (tertiary/aromatic N) is 2. The average molecular weight is 444 g/mol. The van der Waals surface area contributed by atoms with Crippen LogP contribution in [-0.2, 0) is 18.8 Å². The van der Waals surface area contributed by atoms with Crippen molar-refractivity contribution in [3.05, 3.63) is 65.0 Å². The summed E-state index contributed by atoms with van der Waals surface area (Å²) in [6.07, 6.45) is -3.33. The molecule has 2 aromatic rings. The van der Waals surface area contributed by atoms with Crippen LogP contribution in [0.25, 0.3) is 5.70 Å². The molecule has 0 radical (unpaired) electrons. The highest BCUT2D eigenvalue weighted by Gasteiger charge is 2.32. The molecule has 0 fully saturated rings. The molecule has 2 heterocycles. The molecule has 0 saturated carbocycles. The van der Waals surface area contributed by atoms with E-state index in [9.17, 15) is 26.3 Å². The highest BCUT2D eigenvalue weighted by atomic mass is 32.2. The molecule has 1 aliphatic rings. The van der Waals surface area contributed by atoms with Crippen molar-refractivity contribution in [2.24, 2.45) is 10.9 Å². The van der Waals surface area contributed by atoms with Crippen molar-refractivity contribution in [2.75, 3.05) is 5.75 Å². The third kappa shape index (κ3) is 5.44. The van der Waals surface area contributed by atoms with Crippen molar-refractivity contribution in [2.45, 2.75) is 37.0 Å². The fourth-order valence-electron chi connectivity index (χ4n) is 3.01. The summed E-state index contributed by atoms with van der Waals surface area (Å²) in [4.78, 5) is 8.73. The molecule has 3 rings (SSSR count). The van der Waals surface area contributed by atoms with Gasteiger partial charge in [0.1, 0.15) is 5.69 Å². The van der Waals surface area contributed by atoms with E-state index in [4.69, 9.17) is 0 Å². The summed E-state index contributed by atoms with van der Waals surface area (Å²) in [6, 6.07) is 6.10. The molecule has 9 heteroatoms. The van der Waals surface area contributed by atoms with E-state index in [-0.39, 0.29) is 5.92 Å². The lowest BCUT2D eigenvalue weighted by molar-refractivity contribution is -0.138. The molecule has 0 aliphatic carbocycles. The molecule has 0 N–H and O–H groups in total. The summed E-state index contributed by atoms with van der Waals surface area (Å²) in [5.41, 5.74) is 0.196. The van der Waals surface area contributed by atoms with Crippen molar-refractivity contribution in [1.82, 2.24) is 4.98 Å². The first kappa shape index (κ1) is 22.4. The van der Waals surface area contributed by atoms with Crippen LogP contribution in [0.3, 0.4) is 0 Å². The minimum absolute atomic E-state index is 0.0640. The number of aliphatic imine (C=N–C) groups is 1. The van der Waals surface area contributed by atoms with Crippen molar-refractivity contribution in [3.8, 4) is 0 Å². The predicted octanol–water partition coefficient (Wildman–Crippen LogP) is 6.91. The third-order valence-electron chi connectivity index (χ3n) is 4.55. The molecule has 0 saturated heterocycles. The number of aryl methyl sites for hydroxylation is 1. The minimum Gasteiger partial charge on any atom is -0.259 e. The maximum absolute atomic E-state index is 13.0. The highest BCUT2D eigenvalue weighted by Crippen LogP contribution is 2.36. The van der Waals surface area contributed by atoms with Crippen LogP contribution in [0.15, 0.2) is 52.5 Å². The van der Waals surface area contributed by atoms with Crippen LogP contribution in [0.1, 0.15) is 35.7 Å². The Labute approximate surface area is 174 Å². The fourth-order valence-corrected chi connectivity index (χ4v) is 3.83. The van der Waals surface area contributed by atoms with Crippen LogP contribution in [0.2, 0.25) is 0 Å². The number of thioether (sulfide) groups is 1. The smallest absolute Gasteiger partial charge is 0.259 e. The number of hydrogen-bond donors (Lipinski definition) is 0. The van der Waals surface area contributed by atoms with E-state index in [1.807, 2.05) is 13.0 Å². The van der Waals surface area contributed by atoms with E-state index in [0.717, 1.165) is 30.0 Å². The molecule has 30 heavy (non-hydrogen) atoms. The zero-order chi connectivity index (χ0) is 21.9. The van der Waals surface area contributed by atoms with Crippen molar-refractivity contribution >= 4 is 23.7 Å². The quantitative estimate of drug-likeness (QED) is 0.358. The zero-order valence-electron chi connectivity index (χ0n) is 15.9. The Hall–Kier alpha value is -2.29. The van der Waals surface area contributed by atoms with Crippen molar-refractivity contribution in [1.29, 1.82) is 0 Å². The number of alkyl halides is 6. The molecule has 1 aliphatic heterocycles. The molecule has 2 nitrogen and oxygen atoms in total. The van der Waals surface area contributed by atoms with Gasteiger partial charge in [0.05, 0.1) is 16.8 Å². The molecule has 0 spiro atoms. The molecule has 0 bridgehead atoms. The normalized spacial score (nSPS) is 16.8. The predicted molar refractivity (Wildman–Crippen MR) is 105 cm³/mol. The van der Waals surface area contributed by atoms with E-state index >= 15 is 0 Å². The molecule has 1 unspecified atom stereocenters. The first-order valence-electron chi connectivity index (χ1n) is 9.20. The largest absolute Gasteiger partial charge is 0.417 e. The van der Waals surface area contributed by atoms with Crippen LogP contribution < -0.4 is 0 Å². The van der Waals surface area contributed by atoms with Gasteiger partial charge < -0.3 is 0 Å². The third-order valence-corrected chi connectivity index (χ3v) is 5.46. The van der Waals surface area contributed by atoms with Gasteiger partial charge in [0.15, 0.2) is 0 Å². The monoisotopic (exact) mass is 444 g/mol. The number of hydrogen-bond acceptors (Lipinski definition) is 3. The summed E-state index contributed by atoms with van der Waals surface area (Å²) in [5.74, 6) is 0.524. The lowest BCUT2D eigenvalue weighted by Crippen LogP contribution is -2.07. The summed E-state index contributed by atoms with van der Waals surface area (Å²) >= 11 is 1.26. The molecule has 160 valence electrons. The van der Waals surface area contributed by atoms with Crippen LogP contribution in [0, 0.1) is 5.92 Å². The second-order valence-electron chi connectivity index (χ2n) is 6.73. The number of allylic oxidation sites excluding steroid dienone is 1. The Bertz CT molecular complexity index is 945. The minimum atomic E-state index is -4.47. The van der Waals surface area contributed by atoms with Gasteiger partial charge in [-0.15, -0.1) is 11.8 Å². The van der Waals surface area contributed by atoms with Crippen LogP contribution in [0.4, 0.5) is 26.3 Å². The van der Waals surface area contributed by atoms with Crippen LogP contribution >= 0.6 is 11.8 Å². The van der Waals surface area contributed by atoms with Gasteiger partial charge in [0.25, 0.3) is 0 Å². The zero-order valence-corrected chi connectivity index (χ0v) is 16.7. The Balaban J connectivity index is 1.71. The average Bonchev–Trinajstić information content (AvgIpc) is 3.14. The summed E-state index contributed by atoms with van der Waals surface area (Å²) in [7, 11) is 0. The number of halogens is 6. The SMILES string of the molecule is CCSc1cc(C(F)(F)F)cnc1C1=CC(CCc2ccc(C(F)(F)F)cc2)C=N1. The van der Waals surface area contributed by atoms with E-state index in [2.05, 4.69) is 9.98 Å². The van der Waals surface area contributed by atoms with Gasteiger partial charge in [0, 0.05) is 23.2 Å². The maximum atomic E-state index is 13.0. The molecular formula is C21H18F6N2S. The van der Waals surface area contributed by atoms with Gasteiger partial charge in [-0.1, -0.05) is 19.1 Å². The van der Waals surface area contributed by atoms with E-state index < -0.39 is 23.5 Å². The number of benzene rings is 1. The maximum Gasteiger partial charge on any atom is 0.417 e. The number of aromatic nitrogens is 1. The second-order valence-corrected chi connectivity index (χ2v) is 8.03. The van der Waals surface area contributed by atoms with Crippen molar-refractivity contribution < 1.29 is 26.3 Å². The Morgan fingerprint density at radius 2 is 1.63 bits per heavy atom. The first-order valence-corrected chi connectivity index (χ1v) is 10.2. The van der Waals surface area contributed by atoms with E-state index in [1.54, 1.807) is 6.21 Å². The molecule has 1 atom stereocenters. The fraction of sp³-hybridized carbons (Fsp3) is 0.333. The topological polar surface area (TPSA) is 25.2 Å². The number of rotatable bonds is 6. The molecule has 1 aromatic carbocycles. The van der Waals surface area contributed by atoms with Crippen LogP contribution in [-0.4, -0.2) is 17.0 Å². The Kier molecular flexibility index (Phi) is 6.59. The van der Waals surface area contributed by atoms with E-state index in [1.165, 1.54) is 23.9 Å². The Morgan fingerprint density at radius 3 is 2.23 bits per heavy atom. The van der Waals surface area contributed by atoms with E-state index in [0.29, 0.717) is 34.9 Å². The summed E-state index contributed by atoms with van der Waals surface area (Å²) in [5, 5.41) is 0. The van der Waals surface area contributed by atoms with Gasteiger partial charge in [-0.05, 0) is 48.4 Å². The van der Waals surface area contributed by atoms with Gasteiger partial charge in [-0.25, -0.2) is 0 Å². The van der Waals surface area contributed by atoms with Crippen molar-refractivity contribution in [3.63, 3.8) is 0 Å². The lowest BCUT2D eigenvalue weighted by Gasteiger charge is -2.11. The molecular weight excluding hydrogens is 426 g/mol. The Morgan fingerprint density at radius 1 is 0.967 bits per heavy atom. The highest BCUT2D eigenvalue weighted by molar-refractivity contribution is 7.99. The van der Waals surface area contributed by atoms with Gasteiger partial charge in [-0.2, -0.15) is 26.3 Å². The molecule has 1 aromatic heterocycles. The van der Waals surface area contributed by atoms with Gasteiger partial charge >= 0.3 is 12.4 Å². The first-order chi connectivity index (χ1) is 14.1. The molecule has 0 amide bonds. The second kappa shape index (κ2) is 8.83. The number of pyridine rings is 1. The van der Waals surface area contributed by atoms with Gasteiger partial charge in [-0.3, -0.25) is 9.98 Å². The lowest BCUT2D eigenvalue weighted by atomic mass is 9.99. The summed E-state index contributed by atoms with van der Waals surface area (Å²) in [6.45, 7) is 1.84. The van der Waals surface area contributed by atoms with Gasteiger partial charge in [0.2, 0.25) is 0 Å². The van der Waals surface area contributed by atoms with Crippen LogP contribution in [0.5, 0.6) is 0 Å². The summed E-state index contributed by atoms with van der Waals surface area (Å²) < 4.78 is 76.8. The standard InChI is InChI=1S/C21H18F6N2S/c1-2-30-18-10-16(21(25,26)27)12-29-19(18)17-9-14(11-28-17)4-3-13-5-7-15(8-6-13)20(22,23)24/h5-12,14H,2-4H2,1H3.